The van der Waals surface area contributed by atoms with Crippen molar-refractivity contribution in [2.24, 2.45) is 5.41 Å². The van der Waals surface area contributed by atoms with Crippen molar-refractivity contribution in [1.29, 1.82) is 0 Å². The summed E-state index contributed by atoms with van der Waals surface area (Å²) in [6.45, 7) is 0.153. The molecule has 0 bridgehead atoms. The maximum atomic E-state index is 9.27. The Balaban J connectivity index is 1.68. The quantitative estimate of drug-likeness (QED) is 0.824. The first kappa shape index (κ1) is 11.2. The molecule has 0 fully saturated rings. The number of benzene rings is 2. The summed E-state index contributed by atoms with van der Waals surface area (Å²) in [5, 5.41) is 9.27. The standard InChI is InChI=1S/C18H18O/c19-12-13-5-6-16-10-18(11-17(16)7-13)8-14-3-1-2-4-15(14)9-18/h1-7,19H,8-12H2. The Labute approximate surface area is 113 Å². The van der Waals surface area contributed by atoms with Crippen LogP contribution in [-0.2, 0) is 32.3 Å². The molecule has 0 aliphatic heterocycles. The first-order valence-electron chi connectivity index (χ1n) is 7.06. The van der Waals surface area contributed by atoms with E-state index in [0.29, 0.717) is 5.41 Å². The lowest BCUT2D eigenvalue weighted by atomic mass is 9.82. The van der Waals surface area contributed by atoms with E-state index in [1.807, 2.05) is 0 Å². The van der Waals surface area contributed by atoms with Gasteiger partial charge in [-0.15, -0.1) is 0 Å². The molecule has 19 heavy (non-hydrogen) atoms. The van der Waals surface area contributed by atoms with Gasteiger partial charge in [0.05, 0.1) is 6.61 Å². The van der Waals surface area contributed by atoms with Gasteiger partial charge in [-0.3, -0.25) is 0 Å². The molecule has 2 aliphatic rings. The van der Waals surface area contributed by atoms with E-state index in [-0.39, 0.29) is 6.61 Å². The minimum atomic E-state index is 0.153. The molecule has 0 unspecified atom stereocenters. The van der Waals surface area contributed by atoms with Crippen molar-refractivity contribution in [3.05, 3.63) is 70.3 Å². The number of fused-ring (bicyclic) bond motifs is 2. The van der Waals surface area contributed by atoms with Crippen molar-refractivity contribution in [2.45, 2.75) is 32.3 Å². The zero-order valence-electron chi connectivity index (χ0n) is 11.0. The maximum Gasteiger partial charge on any atom is 0.0681 e. The molecule has 2 aromatic carbocycles. The number of aliphatic hydroxyl groups is 1. The number of hydrogen-bond acceptors (Lipinski definition) is 1. The molecule has 0 heterocycles. The third-order valence-corrected chi connectivity index (χ3v) is 4.83. The SMILES string of the molecule is OCc1ccc2c(c1)CC1(Cc3ccccc3C1)C2. The average Bonchev–Trinajstić information content (AvgIpc) is 2.96. The van der Waals surface area contributed by atoms with Crippen LogP contribution in [0.4, 0.5) is 0 Å². The molecule has 0 amide bonds. The van der Waals surface area contributed by atoms with Crippen LogP contribution in [0.15, 0.2) is 42.5 Å². The summed E-state index contributed by atoms with van der Waals surface area (Å²) in [6, 6.07) is 15.4. The fraction of sp³-hybridized carbons (Fsp3) is 0.333. The Morgan fingerprint density at radius 2 is 1.37 bits per heavy atom. The summed E-state index contributed by atoms with van der Waals surface area (Å²) in [5.41, 5.74) is 7.49. The van der Waals surface area contributed by atoms with Crippen molar-refractivity contribution in [3.63, 3.8) is 0 Å². The lowest BCUT2D eigenvalue weighted by molar-refractivity contribution is 0.281. The molecule has 0 saturated heterocycles. The Hall–Kier alpha value is -1.60. The molecule has 96 valence electrons. The first-order chi connectivity index (χ1) is 9.28. The van der Waals surface area contributed by atoms with Crippen LogP contribution in [0.5, 0.6) is 0 Å². The van der Waals surface area contributed by atoms with Gasteiger partial charge in [-0.2, -0.15) is 0 Å². The van der Waals surface area contributed by atoms with Gasteiger partial charge >= 0.3 is 0 Å². The molecule has 0 atom stereocenters. The van der Waals surface area contributed by atoms with Gasteiger partial charge in [0.15, 0.2) is 0 Å². The minimum Gasteiger partial charge on any atom is -0.392 e. The second-order valence-electron chi connectivity index (χ2n) is 6.24. The predicted molar refractivity (Wildman–Crippen MR) is 76.1 cm³/mol. The predicted octanol–water partition coefficient (Wildman–Crippen LogP) is 3.06. The smallest absolute Gasteiger partial charge is 0.0681 e. The molecule has 0 aromatic heterocycles. The van der Waals surface area contributed by atoms with Crippen LogP contribution in [-0.4, -0.2) is 5.11 Å². The molecule has 1 heteroatoms. The van der Waals surface area contributed by atoms with E-state index >= 15 is 0 Å². The van der Waals surface area contributed by atoms with Crippen molar-refractivity contribution in [3.8, 4) is 0 Å². The Bertz CT molecular complexity index is 617. The van der Waals surface area contributed by atoms with Crippen molar-refractivity contribution in [1.82, 2.24) is 0 Å². The minimum absolute atomic E-state index is 0.153. The van der Waals surface area contributed by atoms with Gasteiger partial charge in [0, 0.05) is 0 Å². The molecule has 4 rings (SSSR count). The second kappa shape index (κ2) is 3.94. The lowest BCUT2D eigenvalue weighted by Gasteiger charge is -2.21. The van der Waals surface area contributed by atoms with E-state index in [1.54, 1.807) is 0 Å². The Morgan fingerprint density at radius 3 is 2.00 bits per heavy atom. The highest BCUT2D eigenvalue weighted by molar-refractivity contribution is 5.43. The highest BCUT2D eigenvalue weighted by Crippen LogP contribution is 2.47. The zero-order chi connectivity index (χ0) is 12.9. The topological polar surface area (TPSA) is 20.2 Å². The Morgan fingerprint density at radius 1 is 0.789 bits per heavy atom. The van der Waals surface area contributed by atoms with Crippen LogP contribution < -0.4 is 0 Å². The van der Waals surface area contributed by atoms with Crippen molar-refractivity contribution in [2.75, 3.05) is 0 Å². The van der Waals surface area contributed by atoms with Crippen LogP contribution in [0.2, 0.25) is 0 Å². The number of aliphatic hydroxyl groups excluding tert-OH is 1. The first-order valence-corrected chi connectivity index (χ1v) is 7.06. The highest BCUT2D eigenvalue weighted by Gasteiger charge is 2.41. The van der Waals surface area contributed by atoms with E-state index < -0.39 is 0 Å². The molecular weight excluding hydrogens is 232 g/mol. The summed E-state index contributed by atoms with van der Waals surface area (Å²) in [7, 11) is 0. The molecule has 2 aromatic rings. The van der Waals surface area contributed by atoms with Gasteiger partial charge in [-0.25, -0.2) is 0 Å². The van der Waals surface area contributed by atoms with Crippen LogP contribution in [0, 0.1) is 5.41 Å². The van der Waals surface area contributed by atoms with Crippen LogP contribution in [0.3, 0.4) is 0 Å². The van der Waals surface area contributed by atoms with E-state index in [9.17, 15) is 5.11 Å². The highest BCUT2D eigenvalue weighted by atomic mass is 16.3. The normalized spacial score (nSPS) is 18.6. The summed E-state index contributed by atoms with van der Waals surface area (Å²) in [6.07, 6.45) is 4.80. The largest absolute Gasteiger partial charge is 0.392 e. The van der Waals surface area contributed by atoms with Gasteiger partial charge in [0.25, 0.3) is 0 Å². The molecule has 1 nitrogen and oxygen atoms in total. The van der Waals surface area contributed by atoms with Crippen molar-refractivity contribution < 1.29 is 5.11 Å². The number of rotatable bonds is 1. The fourth-order valence-electron chi connectivity index (χ4n) is 4.01. The summed E-state index contributed by atoms with van der Waals surface area (Å²) in [4.78, 5) is 0. The molecule has 0 radical (unpaired) electrons. The molecule has 1 spiro atoms. The fourth-order valence-corrected chi connectivity index (χ4v) is 4.01. The van der Waals surface area contributed by atoms with Crippen LogP contribution >= 0.6 is 0 Å². The average molecular weight is 250 g/mol. The number of hydrogen-bond donors (Lipinski definition) is 1. The van der Waals surface area contributed by atoms with E-state index in [2.05, 4.69) is 42.5 Å². The molecular formula is C18H18O. The van der Waals surface area contributed by atoms with Crippen LogP contribution in [0.1, 0.15) is 27.8 Å². The van der Waals surface area contributed by atoms with E-state index in [0.717, 1.165) is 5.56 Å². The monoisotopic (exact) mass is 250 g/mol. The van der Waals surface area contributed by atoms with Gasteiger partial charge in [-0.05, 0) is 58.9 Å². The van der Waals surface area contributed by atoms with E-state index in [1.165, 1.54) is 47.9 Å². The summed E-state index contributed by atoms with van der Waals surface area (Å²) < 4.78 is 0. The molecule has 1 N–H and O–H groups in total. The second-order valence-corrected chi connectivity index (χ2v) is 6.24. The molecule has 0 saturated carbocycles. The molecule has 2 aliphatic carbocycles. The van der Waals surface area contributed by atoms with E-state index in [4.69, 9.17) is 0 Å². The summed E-state index contributed by atoms with van der Waals surface area (Å²) in [5.74, 6) is 0. The zero-order valence-corrected chi connectivity index (χ0v) is 11.0. The Kier molecular flexibility index (Phi) is 2.33. The van der Waals surface area contributed by atoms with Gasteiger partial charge < -0.3 is 5.11 Å². The lowest BCUT2D eigenvalue weighted by Crippen LogP contribution is -2.21. The third kappa shape index (κ3) is 1.73. The van der Waals surface area contributed by atoms with Gasteiger partial charge in [0.2, 0.25) is 0 Å². The summed E-state index contributed by atoms with van der Waals surface area (Å²) >= 11 is 0. The third-order valence-electron chi connectivity index (χ3n) is 4.83. The maximum absolute atomic E-state index is 9.27. The van der Waals surface area contributed by atoms with Gasteiger partial charge in [-0.1, -0.05) is 42.5 Å². The van der Waals surface area contributed by atoms with Gasteiger partial charge in [0.1, 0.15) is 0 Å². The van der Waals surface area contributed by atoms with Crippen LogP contribution in [0.25, 0.3) is 0 Å². The van der Waals surface area contributed by atoms with Crippen molar-refractivity contribution >= 4 is 0 Å².